The highest BCUT2D eigenvalue weighted by Crippen LogP contribution is 2.22. The van der Waals surface area contributed by atoms with E-state index in [1.165, 1.54) is 5.56 Å². The quantitative estimate of drug-likeness (QED) is 0.426. The van der Waals surface area contributed by atoms with Crippen LogP contribution in [0, 0.1) is 0 Å². The van der Waals surface area contributed by atoms with Gasteiger partial charge < -0.3 is 14.7 Å². The molecule has 150 valence electrons. The second-order valence-electron chi connectivity index (χ2n) is 7.25. The molecule has 0 atom stereocenters. The Morgan fingerprint density at radius 2 is 1.97 bits per heavy atom. The number of anilines is 1. The lowest BCUT2D eigenvalue weighted by Crippen LogP contribution is -2.00. The fourth-order valence-corrected chi connectivity index (χ4v) is 3.48. The number of aryl methyl sites for hydroxylation is 3. The second kappa shape index (κ2) is 7.87. The van der Waals surface area contributed by atoms with Gasteiger partial charge in [0.2, 0.25) is 0 Å². The summed E-state index contributed by atoms with van der Waals surface area (Å²) < 4.78 is 7.22. The molecular formula is C23H22N6O. The molecule has 0 spiro atoms. The van der Waals surface area contributed by atoms with Gasteiger partial charge in [-0.25, -0.2) is 9.97 Å². The van der Waals surface area contributed by atoms with E-state index >= 15 is 0 Å². The van der Waals surface area contributed by atoms with Gasteiger partial charge in [0.15, 0.2) is 5.65 Å². The van der Waals surface area contributed by atoms with Crippen LogP contribution in [0.25, 0.3) is 22.4 Å². The molecule has 0 unspecified atom stereocenters. The Morgan fingerprint density at radius 3 is 2.73 bits per heavy atom. The lowest BCUT2D eigenvalue weighted by Gasteiger charge is -2.08. The summed E-state index contributed by atoms with van der Waals surface area (Å²) in [6, 6.07) is 16.3. The van der Waals surface area contributed by atoms with Gasteiger partial charge in [0, 0.05) is 44.4 Å². The lowest BCUT2D eigenvalue weighted by molar-refractivity contribution is 0.507. The SMILES string of the molecule is Cn1ccc(-c2ccc(CNc3ccnc4nc(CCc5ccco5)[nH]c34)cc2)n1. The highest BCUT2D eigenvalue weighted by atomic mass is 16.3. The average molecular weight is 398 g/mol. The number of hydrogen-bond acceptors (Lipinski definition) is 5. The zero-order valence-electron chi connectivity index (χ0n) is 16.7. The molecule has 5 rings (SSSR count). The highest BCUT2D eigenvalue weighted by molar-refractivity contribution is 5.85. The van der Waals surface area contributed by atoms with Gasteiger partial charge in [0.25, 0.3) is 0 Å². The molecule has 0 saturated carbocycles. The van der Waals surface area contributed by atoms with Crippen LogP contribution in [-0.2, 0) is 26.4 Å². The standard InChI is InChI=1S/C23H22N6O/c1-29-13-11-19(28-29)17-6-4-16(5-7-17)15-25-20-10-12-24-23-22(20)26-21(27-23)9-8-18-3-2-14-30-18/h2-7,10-14H,8-9,15H2,1H3,(H2,24,25,26,27). The topological polar surface area (TPSA) is 84.6 Å². The number of benzene rings is 1. The fraction of sp³-hybridized carbons (Fsp3) is 0.174. The zero-order valence-corrected chi connectivity index (χ0v) is 16.7. The Bertz CT molecular complexity index is 1250. The molecular weight excluding hydrogens is 376 g/mol. The molecule has 30 heavy (non-hydrogen) atoms. The lowest BCUT2D eigenvalue weighted by atomic mass is 10.1. The average Bonchev–Trinajstić information content (AvgIpc) is 3.51. The number of rotatable bonds is 7. The van der Waals surface area contributed by atoms with E-state index in [2.05, 4.69) is 49.6 Å². The summed E-state index contributed by atoms with van der Waals surface area (Å²) >= 11 is 0. The summed E-state index contributed by atoms with van der Waals surface area (Å²) in [5, 5.41) is 7.95. The van der Waals surface area contributed by atoms with E-state index in [1.807, 2.05) is 42.2 Å². The van der Waals surface area contributed by atoms with E-state index in [0.717, 1.165) is 52.5 Å². The number of nitrogens with one attached hydrogen (secondary N) is 2. The first kappa shape index (κ1) is 18.2. The molecule has 0 amide bonds. The summed E-state index contributed by atoms with van der Waals surface area (Å²) in [5.74, 6) is 1.86. The molecule has 4 heterocycles. The maximum absolute atomic E-state index is 5.40. The smallest absolute Gasteiger partial charge is 0.179 e. The van der Waals surface area contributed by atoms with Crippen molar-refractivity contribution in [3.63, 3.8) is 0 Å². The monoisotopic (exact) mass is 398 g/mol. The fourth-order valence-electron chi connectivity index (χ4n) is 3.48. The summed E-state index contributed by atoms with van der Waals surface area (Å²) in [7, 11) is 1.93. The maximum Gasteiger partial charge on any atom is 0.179 e. The number of fused-ring (bicyclic) bond motifs is 1. The predicted octanol–water partition coefficient (Wildman–Crippen LogP) is 4.35. The molecule has 0 aliphatic rings. The predicted molar refractivity (Wildman–Crippen MR) is 116 cm³/mol. The van der Waals surface area contributed by atoms with Crippen molar-refractivity contribution in [3.8, 4) is 11.3 Å². The van der Waals surface area contributed by atoms with Gasteiger partial charge in [0.05, 0.1) is 17.6 Å². The summed E-state index contributed by atoms with van der Waals surface area (Å²) in [6.07, 6.45) is 7.01. The van der Waals surface area contributed by atoms with Crippen LogP contribution in [0.2, 0.25) is 0 Å². The number of hydrogen-bond donors (Lipinski definition) is 2. The van der Waals surface area contributed by atoms with E-state index in [9.17, 15) is 0 Å². The van der Waals surface area contributed by atoms with Gasteiger partial charge in [-0.3, -0.25) is 4.68 Å². The largest absolute Gasteiger partial charge is 0.469 e. The third-order valence-corrected chi connectivity index (χ3v) is 5.08. The summed E-state index contributed by atoms with van der Waals surface area (Å²) in [5.41, 5.74) is 5.92. The van der Waals surface area contributed by atoms with Crippen molar-refractivity contribution in [2.75, 3.05) is 5.32 Å². The summed E-state index contributed by atoms with van der Waals surface area (Å²) in [4.78, 5) is 12.4. The molecule has 0 fully saturated rings. The third-order valence-electron chi connectivity index (χ3n) is 5.08. The van der Waals surface area contributed by atoms with Crippen LogP contribution in [-0.4, -0.2) is 24.7 Å². The van der Waals surface area contributed by atoms with E-state index in [1.54, 1.807) is 12.5 Å². The summed E-state index contributed by atoms with van der Waals surface area (Å²) in [6.45, 7) is 0.711. The first-order valence-corrected chi connectivity index (χ1v) is 9.93. The van der Waals surface area contributed by atoms with Crippen LogP contribution in [0.4, 0.5) is 5.69 Å². The van der Waals surface area contributed by atoms with Crippen molar-refractivity contribution in [1.29, 1.82) is 0 Å². The van der Waals surface area contributed by atoms with Crippen LogP contribution < -0.4 is 5.32 Å². The van der Waals surface area contributed by atoms with E-state index in [-0.39, 0.29) is 0 Å². The van der Waals surface area contributed by atoms with E-state index < -0.39 is 0 Å². The number of nitrogens with zero attached hydrogens (tertiary/aromatic N) is 4. The number of pyridine rings is 1. The Kier molecular flexibility index (Phi) is 4.77. The van der Waals surface area contributed by atoms with Crippen molar-refractivity contribution in [2.24, 2.45) is 7.05 Å². The van der Waals surface area contributed by atoms with Crippen LogP contribution in [0.15, 0.2) is 71.6 Å². The van der Waals surface area contributed by atoms with Gasteiger partial charge in [-0.05, 0) is 29.8 Å². The van der Waals surface area contributed by atoms with Crippen molar-refractivity contribution < 1.29 is 4.42 Å². The number of furan rings is 1. The first-order chi connectivity index (χ1) is 14.7. The van der Waals surface area contributed by atoms with Crippen LogP contribution in [0.3, 0.4) is 0 Å². The highest BCUT2D eigenvalue weighted by Gasteiger charge is 2.09. The Balaban J connectivity index is 1.28. The molecule has 7 heteroatoms. The minimum Gasteiger partial charge on any atom is -0.469 e. The van der Waals surface area contributed by atoms with Crippen molar-refractivity contribution in [1.82, 2.24) is 24.7 Å². The minimum absolute atomic E-state index is 0.711. The van der Waals surface area contributed by atoms with Gasteiger partial charge in [-0.2, -0.15) is 5.10 Å². The molecule has 0 bridgehead atoms. The molecule has 5 aromatic rings. The number of aromatic nitrogens is 5. The molecule has 0 aliphatic heterocycles. The first-order valence-electron chi connectivity index (χ1n) is 9.93. The van der Waals surface area contributed by atoms with Crippen LogP contribution in [0.1, 0.15) is 17.1 Å². The molecule has 7 nitrogen and oxygen atoms in total. The molecule has 0 saturated heterocycles. The van der Waals surface area contributed by atoms with Gasteiger partial charge in [0.1, 0.15) is 17.1 Å². The van der Waals surface area contributed by atoms with Gasteiger partial charge in [-0.1, -0.05) is 24.3 Å². The Labute approximate surface area is 173 Å². The molecule has 1 aromatic carbocycles. The molecule has 4 aromatic heterocycles. The molecule has 0 aliphatic carbocycles. The van der Waals surface area contributed by atoms with Crippen molar-refractivity contribution in [3.05, 3.63) is 84.3 Å². The normalized spacial score (nSPS) is 11.2. The Morgan fingerprint density at radius 1 is 1.07 bits per heavy atom. The van der Waals surface area contributed by atoms with Crippen LogP contribution >= 0.6 is 0 Å². The molecule has 2 N–H and O–H groups in total. The van der Waals surface area contributed by atoms with Crippen molar-refractivity contribution in [2.45, 2.75) is 19.4 Å². The van der Waals surface area contributed by atoms with Gasteiger partial charge >= 0.3 is 0 Å². The van der Waals surface area contributed by atoms with Crippen molar-refractivity contribution >= 4 is 16.9 Å². The molecule has 0 radical (unpaired) electrons. The number of imidazole rings is 1. The second-order valence-corrected chi connectivity index (χ2v) is 7.25. The Hall–Kier alpha value is -3.87. The van der Waals surface area contributed by atoms with Gasteiger partial charge in [-0.15, -0.1) is 0 Å². The third kappa shape index (κ3) is 3.82. The number of aromatic amines is 1. The number of H-pyrrole nitrogens is 1. The van der Waals surface area contributed by atoms with E-state index in [0.29, 0.717) is 6.54 Å². The van der Waals surface area contributed by atoms with Crippen LogP contribution in [0.5, 0.6) is 0 Å². The van der Waals surface area contributed by atoms with E-state index in [4.69, 9.17) is 4.42 Å². The maximum atomic E-state index is 5.40. The minimum atomic E-state index is 0.711. The zero-order chi connectivity index (χ0) is 20.3.